The smallest absolute Gasteiger partial charge is 0.406 e. The monoisotopic (exact) mass is 558 g/mol. The predicted octanol–water partition coefficient (Wildman–Crippen LogP) is 12.3. The van der Waals surface area contributed by atoms with E-state index in [1.165, 1.54) is 35.5 Å². The molecule has 0 aliphatic rings. The average Bonchev–Trinajstić information content (AvgIpc) is 2.91. The maximum atomic E-state index is 14.1. The molecule has 0 spiro atoms. The number of halogens is 4. The third-order valence-corrected chi connectivity index (χ3v) is 6.30. The highest BCUT2D eigenvalue weighted by Crippen LogP contribution is 2.42. The van der Waals surface area contributed by atoms with Crippen molar-refractivity contribution >= 4 is 23.5 Å². The zero-order valence-corrected chi connectivity index (χ0v) is 25.3. The Labute approximate surface area is 230 Å². The zero-order valence-electron chi connectivity index (χ0n) is 23.7. The SMILES string of the molecule is CC.CC.CC.CC.CC(C)c1ccc(Sc2ccc(OC(F)(F)F)cc2Sc2ccccc2F)cc1. The molecule has 3 aromatic rings. The van der Waals surface area contributed by atoms with Crippen LogP contribution in [0.2, 0.25) is 0 Å². The molecule has 0 radical (unpaired) electrons. The van der Waals surface area contributed by atoms with Crippen LogP contribution in [0, 0.1) is 5.82 Å². The Morgan fingerprint density at radius 2 is 1.19 bits per heavy atom. The third kappa shape index (κ3) is 14.4. The van der Waals surface area contributed by atoms with Gasteiger partial charge in [0.2, 0.25) is 0 Å². The lowest BCUT2D eigenvalue weighted by Crippen LogP contribution is -2.17. The van der Waals surface area contributed by atoms with Crippen LogP contribution in [-0.2, 0) is 0 Å². The van der Waals surface area contributed by atoms with E-state index in [1.54, 1.807) is 24.3 Å². The van der Waals surface area contributed by atoms with Gasteiger partial charge in [-0.25, -0.2) is 4.39 Å². The molecule has 0 heterocycles. The summed E-state index contributed by atoms with van der Waals surface area (Å²) in [5.41, 5.74) is 1.20. The molecule has 3 aromatic carbocycles. The molecule has 1 nitrogen and oxygen atoms in total. The summed E-state index contributed by atoms with van der Waals surface area (Å²) in [7, 11) is 0. The molecule has 7 heteroatoms. The summed E-state index contributed by atoms with van der Waals surface area (Å²) in [5, 5.41) is 0. The number of benzene rings is 3. The van der Waals surface area contributed by atoms with Crippen molar-refractivity contribution < 1.29 is 22.3 Å². The molecule has 0 amide bonds. The number of hydrogen-bond acceptors (Lipinski definition) is 3. The van der Waals surface area contributed by atoms with E-state index in [9.17, 15) is 17.6 Å². The van der Waals surface area contributed by atoms with Crippen LogP contribution in [0.1, 0.15) is 80.7 Å². The molecule has 0 aliphatic carbocycles. The van der Waals surface area contributed by atoms with Gasteiger partial charge in [0.25, 0.3) is 0 Å². The number of hydrogen-bond donors (Lipinski definition) is 0. The molecule has 0 saturated heterocycles. The van der Waals surface area contributed by atoms with E-state index in [1.807, 2.05) is 79.7 Å². The summed E-state index contributed by atoms with van der Waals surface area (Å²) in [4.78, 5) is 2.46. The molecule has 0 N–H and O–H groups in total. The molecule has 0 unspecified atom stereocenters. The van der Waals surface area contributed by atoms with Gasteiger partial charge in [-0.3, -0.25) is 0 Å². The van der Waals surface area contributed by atoms with Gasteiger partial charge < -0.3 is 4.74 Å². The standard InChI is InChI=1S/C22H18F4OS2.4C2H6/c1-14(2)15-7-10-17(11-8-15)28-20-12-9-16(27-22(24,25)26)13-21(20)29-19-6-4-3-5-18(19)23;4*1-2/h3-14H,1-2H3;4*1-2H3. The van der Waals surface area contributed by atoms with E-state index in [0.29, 0.717) is 20.6 Å². The average molecular weight is 559 g/mol. The molecular weight excluding hydrogens is 516 g/mol. The van der Waals surface area contributed by atoms with Crippen molar-refractivity contribution in [3.63, 3.8) is 0 Å². The Bertz CT molecular complexity index is 972. The highest BCUT2D eigenvalue weighted by Gasteiger charge is 2.31. The van der Waals surface area contributed by atoms with E-state index in [4.69, 9.17) is 0 Å². The van der Waals surface area contributed by atoms with Crippen LogP contribution < -0.4 is 4.74 Å². The molecule has 3 rings (SSSR count). The van der Waals surface area contributed by atoms with Crippen molar-refractivity contribution in [2.45, 2.75) is 101 Å². The highest BCUT2D eigenvalue weighted by atomic mass is 32.2. The second-order valence-electron chi connectivity index (χ2n) is 6.51. The van der Waals surface area contributed by atoms with Crippen LogP contribution >= 0.6 is 23.5 Å². The van der Waals surface area contributed by atoms with Crippen LogP contribution in [0.4, 0.5) is 17.6 Å². The Kier molecular flexibility index (Phi) is 20.9. The molecule has 208 valence electrons. The lowest BCUT2D eigenvalue weighted by atomic mass is 10.0. The van der Waals surface area contributed by atoms with Crippen LogP contribution in [0.15, 0.2) is 86.3 Å². The highest BCUT2D eigenvalue weighted by molar-refractivity contribution is 8.02. The second-order valence-corrected chi connectivity index (χ2v) is 8.71. The first-order valence-corrected chi connectivity index (χ1v) is 14.4. The van der Waals surface area contributed by atoms with Gasteiger partial charge in [-0.2, -0.15) is 0 Å². The molecule has 0 aromatic heterocycles. The summed E-state index contributed by atoms with van der Waals surface area (Å²) >= 11 is 2.47. The van der Waals surface area contributed by atoms with E-state index in [2.05, 4.69) is 18.6 Å². The predicted molar refractivity (Wildman–Crippen MR) is 154 cm³/mol. The number of rotatable bonds is 6. The maximum Gasteiger partial charge on any atom is 0.573 e. The van der Waals surface area contributed by atoms with Crippen molar-refractivity contribution in [2.75, 3.05) is 0 Å². The van der Waals surface area contributed by atoms with Gasteiger partial charge >= 0.3 is 6.36 Å². The van der Waals surface area contributed by atoms with Crippen LogP contribution in [-0.4, -0.2) is 6.36 Å². The fraction of sp³-hybridized carbons (Fsp3) is 0.400. The van der Waals surface area contributed by atoms with Crippen molar-refractivity contribution in [3.05, 3.63) is 78.1 Å². The molecule has 0 saturated carbocycles. The van der Waals surface area contributed by atoms with Gasteiger partial charge in [-0.15, -0.1) is 13.2 Å². The minimum atomic E-state index is -4.79. The minimum Gasteiger partial charge on any atom is -0.406 e. The van der Waals surface area contributed by atoms with Gasteiger partial charge in [0.05, 0.1) is 0 Å². The van der Waals surface area contributed by atoms with Crippen LogP contribution in [0.5, 0.6) is 5.75 Å². The van der Waals surface area contributed by atoms with E-state index in [-0.39, 0.29) is 5.75 Å². The van der Waals surface area contributed by atoms with Crippen molar-refractivity contribution in [2.24, 2.45) is 0 Å². The summed E-state index contributed by atoms with van der Waals surface area (Å²) < 4.78 is 56.0. The maximum absolute atomic E-state index is 14.1. The zero-order chi connectivity index (χ0) is 29.0. The number of ether oxygens (including phenoxy) is 1. The molecule has 0 bridgehead atoms. The molecular formula is C30H42F4OS2. The van der Waals surface area contributed by atoms with E-state index < -0.39 is 12.2 Å². The molecule has 0 atom stereocenters. The van der Waals surface area contributed by atoms with Gasteiger partial charge in [-0.1, -0.05) is 117 Å². The summed E-state index contributed by atoms with van der Waals surface area (Å²) in [6.07, 6.45) is -4.79. The van der Waals surface area contributed by atoms with Crippen LogP contribution in [0.3, 0.4) is 0 Å². The third-order valence-electron chi connectivity index (χ3n) is 3.98. The van der Waals surface area contributed by atoms with Crippen molar-refractivity contribution in [3.8, 4) is 5.75 Å². The minimum absolute atomic E-state index is 0.327. The lowest BCUT2D eigenvalue weighted by Gasteiger charge is -2.14. The van der Waals surface area contributed by atoms with Gasteiger partial charge in [0.15, 0.2) is 0 Å². The molecule has 0 aliphatic heterocycles. The van der Waals surface area contributed by atoms with Gasteiger partial charge in [0, 0.05) is 19.6 Å². The normalized spacial score (nSPS) is 9.81. The lowest BCUT2D eigenvalue weighted by molar-refractivity contribution is -0.274. The summed E-state index contributed by atoms with van der Waals surface area (Å²) in [6, 6.07) is 18.3. The first kappa shape index (κ1) is 37.0. The van der Waals surface area contributed by atoms with Crippen LogP contribution in [0.25, 0.3) is 0 Å². The quantitative estimate of drug-likeness (QED) is 0.278. The van der Waals surface area contributed by atoms with Crippen molar-refractivity contribution in [1.82, 2.24) is 0 Å². The Balaban J connectivity index is 0. The Morgan fingerprint density at radius 3 is 1.68 bits per heavy atom. The second kappa shape index (κ2) is 20.9. The summed E-state index contributed by atoms with van der Waals surface area (Å²) in [6.45, 7) is 20.2. The Hall–Kier alpha value is -2.12. The fourth-order valence-corrected chi connectivity index (χ4v) is 4.51. The largest absolute Gasteiger partial charge is 0.573 e. The molecule has 37 heavy (non-hydrogen) atoms. The molecule has 0 fully saturated rings. The fourth-order valence-electron chi connectivity index (χ4n) is 2.54. The van der Waals surface area contributed by atoms with Gasteiger partial charge in [0.1, 0.15) is 11.6 Å². The number of alkyl halides is 3. The van der Waals surface area contributed by atoms with Crippen molar-refractivity contribution in [1.29, 1.82) is 0 Å². The van der Waals surface area contributed by atoms with Gasteiger partial charge in [-0.05, 0) is 53.9 Å². The topological polar surface area (TPSA) is 9.23 Å². The summed E-state index contributed by atoms with van der Waals surface area (Å²) in [5.74, 6) is -0.368. The van der Waals surface area contributed by atoms with E-state index in [0.717, 1.165) is 16.7 Å². The van der Waals surface area contributed by atoms with E-state index >= 15 is 0 Å². The first-order valence-electron chi connectivity index (χ1n) is 12.8. The first-order chi connectivity index (χ1) is 17.7. The Morgan fingerprint density at radius 1 is 0.649 bits per heavy atom.